The van der Waals surface area contributed by atoms with Crippen LogP contribution in [-0.2, 0) is 5.54 Å². The fourth-order valence-corrected chi connectivity index (χ4v) is 1.31. The maximum atomic E-state index is 10.5. The number of rotatable bonds is 2. The first-order valence-electron chi connectivity index (χ1n) is 4.05. The molecule has 76 valence electrons. The highest BCUT2D eigenvalue weighted by atomic mass is 35.5. The zero-order valence-corrected chi connectivity index (χ0v) is 8.71. The van der Waals surface area contributed by atoms with E-state index in [9.17, 15) is 10.1 Å². The van der Waals surface area contributed by atoms with Crippen molar-refractivity contribution < 1.29 is 4.92 Å². The topological polar surface area (TPSA) is 69.2 Å². The van der Waals surface area contributed by atoms with Crippen LogP contribution in [0.15, 0.2) is 18.2 Å². The Morgan fingerprint density at radius 1 is 1.50 bits per heavy atom. The van der Waals surface area contributed by atoms with Gasteiger partial charge in [-0.15, -0.1) is 0 Å². The van der Waals surface area contributed by atoms with Crippen molar-refractivity contribution in [3.05, 3.63) is 38.9 Å². The number of benzene rings is 1. The molecule has 0 amide bonds. The zero-order valence-electron chi connectivity index (χ0n) is 7.95. The van der Waals surface area contributed by atoms with Crippen molar-refractivity contribution in [1.82, 2.24) is 0 Å². The Morgan fingerprint density at radius 2 is 2.07 bits per heavy atom. The molecule has 0 heterocycles. The van der Waals surface area contributed by atoms with Crippen LogP contribution in [0.4, 0.5) is 5.69 Å². The Bertz CT molecular complexity index is 372. The quantitative estimate of drug-likeness (QED) is 0.607. The van der Waals surface area contributed by atoms with Gasteiger partial charge in [-0.3, -0.25) is 10.1 Å². The molecule has 14 heavy (non-hydrogen) atoms. The van der Waals surface area contributed by atoms with Crippen LogP contribution in [0.25, 0.3) is 0 Å². The second kappa shape index (κ2) is 3.55. The van der Waals surface area contributed by atoms with Crippen molar-refractivity contribution in [2.75, 3.05) is 0 Å². The molecule has 0 aliphatic carbocycles. The summed E-state index contributed by atoms with van der Waals surface area (Å²) in [6.07, 6.45) is 0. The minimum absolute atomic E-state index is 0.0975. The first-order chi connectivity index (χ1) is 6.32. The third kappa shape index (κ3) is 2.21. The molecular formula is C9H11ClN2O2. The third-order valence-corrected chi connectivity index (χ3v) is 2.19. The van der Waals surface area contributed by atoms with E-state index in [-0.39, 0.29) is 10.7 Å². The molecule has 0 spiro atoms. The van der Waals surface area contributed by atoms with Crippen LogP contribution < -0.4 is 5.73 Å². The van der Waals surface area contributed by atoms with E-state index in [1.807, 2.05) is 13.8 Å². The number of nitro groups is 1. The molecule has 0 unspecified atom stereocenters. The van der Waals surface area contributed by atoms with Crippen molar-refractivity contribution in [2.45, 2.75) is 19.4 Å². The van der Waals surface area contributed by atoms with E-state index < -0.39 is 10.5 Å². The van der Waals surface area contributed by atoms with Gasteiger partial charge in [0.25, 0.3) is 5.69 Å². The summed E-state index contributed by atoms with van der Waals surface area (Å²) in [5.74, 6) is 0. The second-order valence-corrected chi connectivity index (χ2v) is 4.05. The van der Waals surface area contributed by atoms with Crippen LogP contribution >= 0.6 is 11.6 Å². The van der Waals surface area contributed by atoms with Crippen LogP contribution in [0.2, 0.25) is 5.02 Å². The van der Waals surface area contributed by atoms with Crippen molar-refractivity contribution >= 4 is 17.3 Å². The van der Waals surface area contributed by atoms with E-state index in [1.54, 1.807) is 6.07 Å². The zero-order chi connectivity index (χ0) is 10.9. The van der Waals surface area contributed by atoms with Gasteiger partial charge in [0.05, 0.1) is 4.92 Å². The number of nitrogens with two attached hydrogens (primary N) is 1. The SMILES string of the molecule is CC(C)(N)c1ccc([N+](=O)[O-])c(Cl)c1. The highest BCUT2D eigenvalue weighted by Crippen LogP contribution is 2.28. The lowest BCUT2D eigenvalue weighted by Gasteiger charge is -2.18. The summed E-state index contributed by atoms with van der Waals surface area (Å²) in [5.41, 5.74) is 5.95. The summed E-state index contributed by atoms with van der Waals surface area (Å²) in [5, 5.41) is 10.6. The average molecular weight is 215 g/mol. The Morgan fingerprint density at radius 3 is 2.43 bits per heavy atom. The van der Waals surface area contributed by atoms with Gasteiger partial charge in [0, 0.05) is 11.6 Å². The molecule has 0 atom stereocenters. The van der Waals surface area contributed by atoms with Crippen molar-refractivity contribution in [3.8, 4) is 0 Å². The molecule has 0 radical (unpaired) electrons. The van der Waals surface area contributed by atoms with Gasteiger partial charge in [-0.25, -0.2) is 0 Å². The van der Waals surface area contributed by atoms with Gasteiger partial charge in [-0.1, -0.05) is 17.7 Å². The number of hydrogen-bond donors (Lipinski definition) is 1. The van der Waals surface area contributed by atoms with Crippen LogP contribution in [0, 0.1) is 10.1 Å². The summed E-state index contributed by atoms with van der Waals surface area (Å²) in [7, 11) is 0. The summed E-state index contributed by atoms with van der Waals surface area (Å²) in [6, 6.07) is 4.51. The van der Waals surface area contributed by atoms with Crippen LogP contribution in [0.1, 0.15) is 19.4 Å². The second-order valence-electron chi connectivity index (χ2n) is 3.64. The molecule has 0 saturated heterocycles. The minimum Gasteiger partial charge on any atom is -0.322 e. The Hall–Kier alpha value is -1.13. The highest BCUT2D eigenvalue weighted by molar-refractivity contribution is 6.32. The molecule has 0 fully saturated rings. The molecular weight excluding hydrogens is 204 g/mol. The lowest BCUT2D eigenvalue weighted by Crippen LogP contribution is -2.28. The van der Waals surface area contributed by atoms with Gasteiger partial charge in [0.2, 0.25) is 0 Å². The van der Waals surface area contributed by atoms with Crippen molar-refractivity contribution in [2.24, 2.45) is 5.73 Å². The lowest BCUT2D eigenvalue weighted by atomic mass is 9.96. The predicted octanol–water partition coefficient (Wildman–Crippen LogP) is 2.44. The van der Waals surface area contributed by atoms with E-state index >= 15 is 0 Å². The van der Waals surface area contributed by atoms with Gasteiger partial charge < -0.3 is 5.73 Å². The van der Waals surface area contributed by atoms with Gasteiger partial charge in [0.1, 0.15) is 5.02 Å². The molecule has 0 bridgehead atoms. The van der Waals surface area contributed by atoms with E-state index in [1.165, 1.54) is 12.1 Å². The van der Waals surface area contributed by atoms with Gasteiger partial charge >= 0.3 is 0 Å². The van der Waals surface area contributed by atoms with E-state index in [2.05, 4.69) is 0 Å². The molecule has 0 aliphatic heterocycles. The molecule has 2 N–H and O–H groups in total. The molecule has 0 aliphatic rings. The molecule has 4 nitrogen and oxygen atoms in total. The molecule has 1 aromatic rings. The van der Waals surface area contributed by atoms with Gasteiger partial charge in [-0.05, 0) is 25.5 Å². The number of nitro benzene ring substituents is 1. The van der Waals surface area contributed by atoms with Crippen LogP contribution in [-0.4, -0.2) is 4.92 Å². The van der Waals surface area contributed by atoms with Crippen molar-refractivity contribution in [3.63, 3.8) is 0 Å². The third-order valence-electron chi connectivity index (χ3n) is 1.89. The molecule has 1 aromatic carbocycles. The predicted molar refractivity (Wildman–Crippen MR) is 55.3 cm³/mol. The monoisotopic (exact) mass is 214 g/mol. The normalized spacial score (nSPS) is 11.4. The fraction of sp³-hybridized carbons (Fsp3) is 0.333. The molecule has 1 rings (SSSR count). The Balaban J connectivity index is 3.20. The number of hydrogen-bond acceptors (Lipinski definition) is 3. The van der Waals surface area contributed by atoms with Gasteiger partial charge in [0.15, 0.2) is 0 Å². The average Bonchev–Trinajstić information content (AvgIpc) is 2.01. The standard InChI is InChI=1S/C9H11ClN2O2/c1-9(2,11)6-3-4-8(12(13)14)7(10)5-6/h3-5H,11H2,1-2H3. The maximum absolute atomic E-state index is 10.5. The van der Waals surface area contributed by atoms with Gasteiger partial charge in [-0.2, -0.15) is 0 Å². The van der Waals surface area contributed by atoms with Crippen LogP contribution in [0.3, 0.4) is 0 Å². The Labute approximate surface area is 86.8 Å². The molecule has 0 saturated carbocycles. The van der Waals surface area contributed by atoms with E-state index in [0.717, 1.165) is 5.56 Å². The maximum Gasteiger partial charge on any atom is 0.287 e. The van der Waals surface area contributed by atoms with E-state index in [0.29, 0.717) is 0 Å². The number of nitrogens with zero attached hydrogens (tertiary/aromatic N) is 1. The summed E-state index contributed by atoms with van der Waals surface area (Å²) in [4.78, 5) is 9.95. The minimum atomic E-state index is -0.543. The van der Waals surface area contributed by atoms with Crippen LogP contribution in [0.5, 0.6) is 0 Å². The van der Waals surface area contributed by atoms with E-state index in [4.69, 9.17) is 17.3 Å². The highest BCUT2D eigenvalue weighted by Gasteiger charge is 2.18. The summed E-state index contributed by atoms with van der Waals surface area (Å²) < 4.78 is 0. The van der Waals surface area contributed by atoms with Crippen molar-refractivity contribution in [1.29, 1.82) is 0 Å². The first-order valence-corrected chi connectivity index (χ1v) is 4.43. The lowest BCUT2D eigenvalue weighted by molar-refractivity contribution is -0.384. The summed E-state index contributed by atoms with van der Waals surface area (Å²) in [6.45, 7) is 3.62. The fourth-order valence-electron chi connectivity index (χ4n) is 1.06. The number of halogens is 1. The molecule has 5 heteroatoms. The first kappa shape index (κ1) is 10.9. The largest absolute Gasteiger partial charge is 0.322 e. The Kier molecular flexibility index (Phi) is 2.78. The molecule has 0 aromatic heterocycles. The smallest absolute Gasteiger partial charge is 0.287 e. The summed E-state index contributed by atoms with van der Waals surface area (Å²) >= 11 is 5.73.